The third kappa shape index (κ3) is 6.36. The highest BCUT2D eigenvalue weighted by molar-refractivity contribution is 6.21. The highest BCUT2D eigenvalue weighted by Crippen LogP contribution is 2.44. The van der Waals surface area contributed by atoms with Crippen molar-refractivity contribution in [2.75, 3.05) is 4.90 Å². The zero-order chi connectivity index (χ0) is 40.9. The summed E-state index contributed by atoms with van der Waals surface area (Å²) in [5, 5.41) is 7.59. The average molecular weight is 781 g/mol. The van der Waals surface area contributed by atoms with Crippen LogP contribution in [0.25, 0.3) is 82.4 Å². The van der Waals surface area contributed by atoms with Crippen LogP contribution in [0.2, 0.25) is 0 Å². The Hall–Kier alpha value is -7.68. The Balaban J connectivity index is 1.02. The molecule has 0 aliphatic heterocycles. The van der Waals surface area contributed by atoms with Crippen molar-refractivity contribution in [1.82, 2.24) is 4.57 Å². The normalized spacial score (nSPS) is 11.6. The van der Waals surface area contributed by atoms with Gasteiger partial charge in [0.05, 0.1) is 11.0 Å². The van der Waals surface area contributed by atoms with Gasteiger partial charge in [0.15, 0.2) is 0 Å². The van der Waals surface area contributed by atoms with Crippen LogP contribution in [-0.2, 0) is 0 Å². The molecular formula is C59H44N2. The Morgan fingerprint density at radius 3 is 1.26 bits per heavy atom. The molecule has 2 heteroatoms. The number of fused-ring (bicyclic) bond motifs is 5. The van der Waals surface area contributed by atoms with Gasteiger partial charge in [0.1, 0.15) is 0 Å². The third-order valence-corrected chi connectivity index (χ3v) is 12.4. The van der Waals surface area contributed by atoms with Crippen LogP contribution in [0.3, 0.4) is 0 Å². The molecule has 61 heavy (non-hydrogen) atoms. The van der Waals surface area contributed by atoms with Crippen molar-refractivity contribution in [3.8, 4) is 39.1 Å². The molecule has 2 nitrogen and oxygen atoms in total. The Kier molecular flexibility index (Phi) is 9.05. The molecule has 0 atom stereocenters. The summed E-state index contributed by atoms with van der Waals surface area (Å²) in [4.78, 5) is 2.31. The first-order valence-corrected chi connectivity index (χ1v) is 21.3. The number of para-hydroxylation sites is 2. The summed E-state index contributed by atoms with van der Waals surface area (Å²) < 4.78 is 2.44. The molecule has 10 aromatic carbocycles. The van der Waals surface area contributed by atoms with Gasteiger partial charge in [-0.3, -0.25) is 0 Å². The average Bonchev–Trinajstić information content (AvgIpc) is 3.65. The van der Waals surface area contributed by atoms with Gasteiger partial charge in [-0.05, 0) is 139 Å². The third-order valence-electron chi connectivity index (χ3n) is 12.4. The summed E-state index contributed by atoms with van der Waals surface area (Å²) >= 11 is 0. The lowest BCUT2D eigenvalue weighted by Gasteiger charge is -2.25. The van der Waals surface area contributed by atoms with Crippen molar-refractivity contribution in [3.63, 3.8) is 0 Å². The second kappa shape index (κ2) is 15.2. The summed E-state index contributed by atoms with van der Waals surface area (Å²) in [5.74, 6) is 0.424. The van der Waals surface area contributed by atoms with Crippen LogP contribution in [0.4, 0.5) is 17.1 Å². The Labute approximate surface area is 357 Å². The maximum Gasteiger partial charge on any atom is 0.0541 e. The standard InChI is InChI=1S/C59H44N2/c1-40(2)44-30-36-56-54(38-44)55-39-45(41-26-32-48(33-27-41)60(46-18-8-4-9-19-46)47-20-10-5-11-21-47)31-37-57(55)61(56)49-34-28-43(29-35-49)59-52-24-14-12-22-50(52)58(42-16-6-3-7-17-42)51-23-13-15-25-53(51)59/h3-40H,1-2H3. The molecule has 0 radical (unpaired) electrons. The lowest BCUT2D eigenvalue weighted by Crippen LogP contribution is -2.09. The van der Waals surface area contributed by atoms with E-state index in [1.807, 2.05) is 0 Å². The van der Waals surface area contributed by atoms with Gasteiger partial charge in [0.2, 0.25) is 0 Å². The first-order valence-electron chi connectivity index (χ1n) is 21.3. The van der Waals surface area contributed by atoms with Crippen molar-refractivity contribution in [2.45, 2.75) is 19.8 Å². The molecule has 11 aromatic rings. The van der Waals surface area contributed by atoms with E-state index in [0.717, 1.165) is 22.7 Å². The molecule has 0 unspecified atom stereocenters. The van der Waals surface area contributed by atoms with Crippen molar-refractivity contribution < 1.29 is 0 Å². The molecule has 0 N–H and O–H groups in total. The van der Waals surface area contributed by atoms with Gasteiger partial charge in [0, 0.05) is 33.5 Å². The highest BCUT2D eigenvalue weighted by Gasteiger charge is 2.19. The van der Waals surface area contributed by atoms with Gasteiger partial charge in [-0.1, -0.05) is 166 Å². The van der Waals surface area contributed by atoms with E-state index in [-0.39, 0.29) is 0 Å². The van der Waals surface area contributed by atoms with E-state index in [1.54, 1.807) is 0 Å². The fourth-order valence-corrected chi connectivity index (χ4v) is 9.39. The summed E-state index contributed by atoms with van der Waals surface area (Å²) in [7, 11) is 0. The predicted octanol–water partition coefficient (Wildman–Crippen LogP) is 16.7. The van der Waals surface area contributed by atoms with Crippen molar-refractivity contribution >= 4 is 60.4 Å². The highest BCUT2D eigenvalue weighted by atomic mass is 15.1. The molecule has 11 rings (SSSR count). The minimum absolute atomic E-state index is 0.424. The largest absolute Gasteiger partial charge is 0.311 e. The SMILES string of the molecule is CC(C)c1ccc2c(c1)c1cc(-c3ccc(N(c4ccccc4)c4ccccc4)cc3)ccc1n2-c1ccc(-c2c3ccccc3c(-c3ccccc3)c3ccccc23)cc1. The van der Waals surface area contributed by atoms with Gasteiger partial charge in [0.25, 0.3) is 0 Å². The molecule has 0 aliphatic rings. The van der Waals surface area contributed by atoms with Gasteiger partial charge in [-0.2, -0.15) is 0 Å². The van der Waals surface area contributed by atoms with E-state index >= 15 is 0 Å². The molecule has 1 aromatic heterocycles. The quantitative estimate of drug-likeness (QED) is 0.139. The molecule has 290 valence electrons. The maximum absolute atomic E-state index is 2.44. The summed E-state index contributed by atoms with van der Waals surface area (Å²) in [5.41, 5.74) is 15.7. The summed E-state index contributed by atoms with van der Waals surface area (Å²) in [6.45, 7) is 4.56. The predicted molar refractivity (Wildman–Crippen MR) is 261 cm³/mol. The van der Waals surface area contributed by atoms with E-state index in [9.17, 15) is 0 Å². The van der Waals surface area contributed by atoms with E-state index in [4.69, 9.17) is 0 Å². The van der Waals surface area contributed by atoms with E-state index in [2.05, 4.69) is 248 Å². The maximum atomic E-state index is 2.44. The van der Waals surface area contributed by atoms with Gasteiger partial charge < -0.3 is 9.47 Å². The lowest BCUT2D eigenvalue weighted by molar-refractivity contribution is 0.868. The van der Waals surface area contributed by atoms with Crippen LogP contribution >= 0.6 is 0 Å². The fraction of sp³-hybridized carbons (Fsp3) is 0.0508. The van der Waals surface area contributed by atoms with E-state index in [0.29, 0.717) is 5.92 Å². The number of hydrogen-bond acceptors (Lipinski definition) is 1. The van der Waals surface area contributed by atoms with Crippen LogP contribution in [0, 0.1) is 0 Å². The molecule has 1 heterocycles. The van der Waals surface area contributed by atoms with Crippen LogP contribution in [0.5, 0.6) is 0 Å². The van der Waals surface area contributed by atoms with Crippen LogP contribution in [0.1, 0.15) is 25.3 Å². The summed E-state index contributed by atoms with van der Waals surface area (Å²) in [6.07, 6.45) is 0. The monoisotopic (exact) mass is 780 g/mol. The topological polar surface area (TPSA) is 8.17 Å². The second-order valence-corrected chi connectivity index (χ2v) is 16.3. The van der Waals surface area contributed by atoms with Crippen LogP contribution < -0.4 is 4.90 Å². The molecule has 0 aliphatic carbocycles. The van der Waals surface area contributed by atoms with Crippen LogP contribution in [-0.4, -0.2) is 4.57 Å². The zero-order valence-corrected chi connectivity index (χ0v) is 34.3. The second-order valence-electron chi connectivity index (χ2n) is 16.3. The first kappa shape index (κ1) is 36.4. The van der Waals surface area contributed by atoms with E-state index in [1.165, 1.54) is 82.3 Å². The minimum Gasteiger partial charge on any atom is -0.311 e. The Morgan fingerprint density at radius 2 is 0.738 bits per heavy atom. The number of nitrogens with zero attached hydrogens (tertiary/aromatic N) is 2. The molecule has 0 saturated heterocycles. The number of benzene rings is 10. The Morgan fingerprint density at radius 1 is 0.328 bits per heavy atom. The molecule has 0 fully saturated rings. The zero-order valence-electron chi connectivity index (χ0n) is 34.3. The Bertz CT molecular complexity index is 3250. The number of aromatic nitrogens is 1. The van der Waals surface area contributed by atoms with Crippen molar-refractivity contribution in [2.24, 2.45) is 0 Å². The van der Waals surface area contributed by atoms with Crippen molar-refractivity contribution in [3.05, 3.63) is 230 Å². The number of hydrogen-bond donors (Lipinski definition) is 0. The van der Waals surface area contributed by atoms with Crippen LogP contribution in [0.15, 0.2) is 224 Å². The first-order chi connectivity index (χ1) is 30.1. The molecule has 0 bridgehead atoms. The van der Waals surface area contributed by atoms with Gasteiger partial charge in [-0.25, -0.2) is 0 Å². The molecule has 0 spiro atoms. The number of anilines is 3. The molecular weight excluding hydrogens is 737 g/mol. The minimum atomic E-state index is 0.424. The molecule has 0 saturated carbocycles. The smallest absolute Gasteiger partial charge is 0.0541 e. The van der Waals surface area contributed by atoms with Gasteiger partial charge >= 0.3 is 0 Å². The summed E-state index contributed by atoms with van der Waals surface area (Å²) in [6, 6.07) is 82.0. The fourth-order valence-electron chi connectivity index (χ4n) is 9.39. The molecule has 0 amide bonds. The number of rotatable bonds is 8. The van der Waals surface area contributed by atoms with E-state index < -0.39 is 0 Å². The van der Waals surface area contributed by atoms with Gasteiger partial charge in [-0.15, -0.1) is 0 Å². The lowest BCUT2D eigenvalue weighted by atomic mass is 9.86. The van der Waals surface area contributed by atoms with Crippen molar-refractivity contribution in [1.29, 1.82) is 0 Å².